The number of benzene rings is 1. The van der Waals surface area contributed by atoms with Gasteiger partial charge in [-0.1, -0.05) is 12.5 Å². The number of hydrogen-bond acceptors (Lipinski definition) is 2. The fraction of sp³-hybridized carbons (Fsp3) is 0.455. The van der Waals surface area contributed by atoms with Crippen molar-refractivity contribution in [1.82, 2.24) is 0 Å². The average Bonchev–Trinajstić information content (AvgIpc) is 2.01. The third kappa shape index (κ3) is 2.14. The molecule has 0 aromatic heterocycles. The molecule has 0 spiro atoms. The zero-order valence-electron chi connectivity index (χ0n) is 7.57. The van der Waals surface area contributed by atoms with Crippen molar-refractivity contribution in [3.8, 4) is 11.5 Å². The Morgan fingerprint density at radius 3 is 2.85 bits per heavy atom. The van der Waals surface area contributed by atoms with E-state index >= 15 is 0 Å². The lowest BCUT2D eigenvalue weighted by atomic mass is 9.86. The molecule has 0 radical (unpaired) electrons. The first-order valence-electron chi connectivity index (χ1n) is 4.76. The summed E-state index contributed by atoms with van der Waals surface area (Å²) in [5.41, 5.74) is 0. The molecule has 70 valence electrons. The number of hydrogen-bond donors (Lipinski definition) is 1. The summed E-state index contributed by atoms with van der Waals surface area (Å²) in [4.78, 5) is 0. The van der Waals surface area contributed by atoms with E-state index in [0.29, 0.717) is 0 Å². The molecule has 1 N–H and O–H groups in total. The summed E-state index contributed by atoms with van der Waals surface area (Å²) in [6.45, 7) is 0.795. The summed E-state index contributed by atoms with van der Waals surface area (Å²) in [6, 6.07) is 6.97. The highest BCUT2D eigenvalue weighted by Crippen LogP contribution is 2.27. The Balaban J connectivity index is 1.86. The van der Waals surface area contributed by atoms with Crippen LogP contribution in [0.4, 0.5) is 0 Å². The van der Waals surface area contributed by atoms with Gasteiger partial charge in [0.1, 0.15) is 11.5 Å². The molecule has 0 amide bonds. The van der Waals surface area contributed by atoms with Gasteiger partial charge in [0.05, 0.1) is 6.61 Å². The summed E-state index contributed by atoms with van der Waals surface area (Å²) in [5, 5.41) is 9.17. The van der Waals surface area contributed by atoms with Crippen LogP contribution in [0.2, 0.25) is 0 Å². The normalized spacial score (nSPS) is 16.6. The predicted octanol–water partition coefficient (Wildman–Crippen LogP) is 2.57. The second-order valence-electron chi connectivity index (χ2n) is 3.61. The second kappa shape index (κ2) is 3.69. The van der Waals surface area contributed by atoms with E-state index in [2.05, 4.69) is 0 Å². The summed E-state index contributed by atoms with van der Waals surface area (Å²) >= 11 is 0. The van der Waals surface area contributed by atoms with Crippen molar-refractivity contribution in [3.63, 3.8) is 0 Å². The highest BCUT2D eigenvalue weighted by molar-refractivity contribution is 5.31. The highest BCUT2D eigenvalue weighted by Gasteiger charge is 2.17. The minimum atomic E-state index is 0.270. The van der Waals surface area contributed by atoms with Crippen LogP contribution < -0.4 is 4.74 Å². The Morgan fingerprint density at radius 1 is 1.38 bits per heavy atom. The van der Waals surface area contributed by atoms with Gasteiger partial charge < -0.3 is 9.84 Å². The Labute approximate surface area is 78.2 Å². The monoisotopic (exact) mass is 178 g/mol. The lowest BCUT2D eigenvalue weighted by Crippen LogP contribution is -2.19. The van der Waals surface area contributed by atoms with E-state index in [-0.39, 0.29) is 5.75 Å². The number of phenols is 1. The first-order valence-corrected chi connectivity index (χ1v) is 4.76. The maximum atomic E-state index is 9.17. The molecule has 1 aromatic carbocycles. The topological polar surface area (TPSA) is 29.5 Å². The number of ether oxygens (including phenoxy) is 1. The fourth-order valence-corrected chi connectivity index (χ4v) is 1.45. The van der Waals surface area contributed by atoms with Gasteiger partial charge in [0.15, 0.2) is 0 Å². The van der Waals surface area contributed by atoms with Crippen LogP contribution in [0.25, 0.3) is 0 Å². The van der Waals surface area contributed by atoms with E-state index in [1.807, 2.05) is 6.07 Å². The van der Waals surface area contributed by atoms with Crippen molar-refractivity contribution in [2.24, 2.45) is 5.92 Å². The second-order valence-corrected chi connectivity index (χ2v) is 3.61. The van der Waals surface area contributed by atoms with Gasteiger partial charge >= 0.3 is 0 Å². The van der Waals surface area contributed by atoms with Gasteiger partial charge in [0.2, 0.25) is 0 Å². The van der Waals surface area contributed by atoms with Gasteiger partial charge in [-0.3, -0.25) is 0 Å². The molecule has 0 unspecified atom stereocenters. The van der Waals surface area contributed by atoms with E-state index < -0.39 is 0 Å². The first kappa shape index (κ1) is 8.42. The molecule has 2 heteroatoms. The van der Waals surface area contributed by atoms with E-state index in [4.69, 9.17) is 9.84 Å². The van der Waals surface area contributed by atoms with E-state index in [1.54, 1.807) is 18.2 Å². The molecule has 0 atom stereocenters. The van der Waals surface area contributed by atoms with Crippen molar-refractivity contribution in [3.05, 3.63) is 24.3 Å². The highest BCUT2D eigenvalue weighted by atomic mass is 16.5. The molecule has 0 saturated heterocycles. The zero-order chi connectivity index (χ0) is 9.10. The van der Waals surface area contributed by atoms with Crippen molar-refractivity contribution < 1.29 is 9.84 Å². The molecule has 1 aliphatic rings. The molecule has 2 rings (SSSR count). The molecule has 0 aliphatic heterocycles. The molecule has 1 saturated carbocycles. The molecule has 2 nitrogen and oxygen atoms in total. The Kier molecular flexibility index (Phi) is 2.39. The van der Waals surface area contributed by atoms with Crippen LogP contribution in [0.1, 0.15) is 19.3 Å². The number of aromatic hydroxyl groups is 1. The third-order valence-corrected chi connectivity index (χ3v) is 2.53. The Bertz CT molecular complexity index is 279. The minimum Gasteiger partial charge on any atom is -0.508 e. The smallest absolute Gasteiger partial charge is 0.122 e. The van der Waals surface area contributed by atoms with Crippen LogP contribution in [0.5, 0.6) is 11.5 Å². The Morgan fingerprint density at radius 2 is 2.23 bits per heavy atom. The quantitative estimate of drug-likeness (QED) is 0.770. The molecule has 13 heavy (non-hydrogen) atoms. The van der Waals surface area contributed by atoms with E-state index in [0.717, 1.165) is 18.3 Å². The molecular formula is C11H14O2. The summed E-state index contributed by atoms with van der Waals surface area (Å²) in [5.74, 6) is 1.78. The number of rotatable bonds is 3. The third-order valence-electron chi connectivity index (χ3n) is 2.53. The van der Waals surface area contributed by atoms with Crippen LogP contribution in [0.15, 0.2) is 24.3 Å². The van der Waals surface area contributed by atoms with Crippen LogP contribution in [-0.4, -0.2) is 11.7 Å². The van der Waals surface area contributed by atoms with Crippen molar-refractivity contribution in [1.29, 1.82) is 0 Å². The SMILES string of the molecule is Oc1cccc(OCC2CCC2)c1. The molecule has 1 aliphatic carbocycles. The average molecular weight is 178 g/mol. The summed E-state index contributed by atoms with van der Waals surface area (Å²) in [6.07, 6.45) is 3.92. The maximum Gasteiger partial charge on any atom is 0.122 e. The van der Waals surface area contributed by atoms with Gasteiger partial charge in [-0.05, 0) is 30.9 Å². The summed E-state index contributed by atoms with van der Waals surface area (Å²) < 4.78 is 5.53. The van der Waals surface area contributed by atoms with Crippen molar-refractivity contribution in [2.45, 2.75) is 19.3 Å². The van der Waals surface area contributed by atoms with Crippen LogP contribution in [0.3, 0.4) is 0 Å². The predicted molar refractivity (Wildman–Crippen MR) is 50.9 cm³/mol. The molecule has 0 bridgehead atoms. The van der Waals surface area contributed by atoms with Crippen LogP contribution >= 0.6 is 0 Å². The summed E-state index contributed by atoms with van der Waals surface area (Å²) in [7, 11) is 0. The van der Waals surface area contributed by atoms with Crippen LogP contribution in [-0.2, 0) is 0 Å². The van der Waals surface area contributed by atoms with Gasteiger partial charge in [-0.2, -0.15) is 0 Å². The van der Waals surface area contributed by atoms with E-state index in [9.17, 15) is 0 Å². The van der Waals surface area contributed by atoms with Gasteiger partial charge in [0, 0.05) is 6.07 Å². The van der Waals surface area contributed by atoms with Crippen LogP contribution in [0, 0.1) is 5.92 Å². The first-order chi connectivity index (χ1) is 6.34. The Hall–Kier alpha value is -1.18. The molecule has 1 fully saturated rings. The largest absolute Gasteiger partial charge is 0.508 e. The van der Waals surface area contributed by atoms with Gasteiger partial charge in [0.25, 0.3) is 0 Å². The lowest BCUT2D eigenvalue weighted by molar-refractivity contribution is 0.180. The van der Waals surface area contributed by atoms with Crippen molar-refractivity contribution >= 4 is 0 Å². The van der Waals surface area contributed by atoms with Crippen molar-refractivity contribution in [2.75, 3.05) is 6.61 Å². The minimum absolute atomic E-state index is 0.270. The maximum absolute atomic E-state index is 9.17. The fourth-order valence-electron chi connectivity index (χ4n) is 1.45. The standard InChI is InChI=1S/C11H14O2/c12-10-5-2-6-11(7-10)13-8-9-3-1-4-9/h2,5-7,9,12H,1,3-4,8H2. The molecule has 0 heterocycles. The molecule has 1 aromatic rings. The lowest BCUT2D eigenvalue weighted by Gasteiger charge is -2.25. The molecular weight excluding hydrogens is 164 g/mol. The zero-order valence-corrected chi connectivity index (χ0v) is 7.57. The van der Waals surface area contributed by atoms with Gasteiger partial charge in [-0.15, -0.1) is 0 Å². The number of phenolic OH excluding ortho intramolecular Hbond substituents is 1. The van der Waals surface area contributed by atoms with Gasteiger partial charge in [-0.25, -0.2) is 0 Å². The van der Waals surface area contributed by atoms with E-state index in [1.165, 1.54) is 19.3 Å².